The van der Waals surface area contributed by atoms with Gasteiger partial charge in [-0.2, -0.15) is 5.10 Å². The van der Waals surface area contributed by atoms with Crippen LogP contribution in [0.15, 0.2) is 29.7 Å². The second-order valence-electron chi connectivity index (χ2n) is 3.21. The Bertz CT molecular complexity index is 458. The first-order valence-corrected chi connectivity index (χ1v) is 5.73. The van der Waals surface area contributed by atoms with Crippen molar-refractivity contribution in [1.82, 2.24) is 15.2 Å². The topological polar surface area (TPSA) is 67.6 Å². The third-order valence-electron chi connectivity index (χ3n) is 2.10. The highest BCUT2D eigenvalue weighted by Gasteiger charge is 2.05. The Labute approximate surface area is 96.5 Å². The average molecular weight is 238 g/mol. The van der Waals surface area contributed by atoms with Crippen molar-refractivity contribution in [2.24, 2.45) is 5.73 Å². The highest BCUT2D eigenvalue weighted by molar-refractivity contribution is 7.98. The smallest absolute Gasteiger partial charge is 0.183 e. The van der Waals surface area contributed by atoms with Crippen LogP contribution in [0.4, 0.5) is 4.39 Å². The number of aromatic amines is 1. The van der Waals surface area contributed by atoms with Crippen molar-refractivity contribution in [1.29, 1.82) is 0 Å². The van der Waals surface area contributed by atoms with E-state index >= 15 is 0 Å². The molecule has 2 rings (SSSR count). The second kappa shape index (κ2) is 5.09. The van der Waals surface area contributed by atoms with Crippen LogP contribution >= 0.6 is 11.8 Å². The van der Waals surface area contributed by atoms with Gasteiger partial charge in [-0.3, -0.25) is 5.10 Å². The van der Waals surface area contributed by atoms with Gasteiger partial charge in [0.2, 0.25) is 0 Å². The van der Waals surface area contributed by atoms with Crippen molar-refractivity contribution in [3.8, 4) is 0 Å². The molecule has 0 aliphatic carbocycles. The fourth-order valence-electron chi connectivity index (χ4n) is 1.28. The Morgan fingerprint density at radius 3 is 3.00 bits per heavy atom. The molecule has 0 aliphatic rings. The Hall–Kier alpha value is -1.40. The first-order chi connectivity index (χ1) is 7.79. The predicted molar refractivity (Wildman–Crippen MR) is 60.2 cm³/mol. The van der Waals surface area contributed by atoms with Gasteiger partial charge in [0.05, 0.1) is 0 Å². The minimum absolute atomic E-state index is 0.218. The summed E-state index contributed by atoms with van der Waals surface area (Å²) in [5.41, 5.74) is 7.06. The van der Waals surface area contributed by atoms with Crippen molar-refractivity contribution in [2.75, 3.05) is 0 Å². The zero-order valence-corrected chi connectivity index (χ0v) is 9.30. The summed E-state index contributed by atoms with van der Waals surface area (Å²) in [5, 5.41) is 7.11. The Morgan fingerprint density at radius 2 is 2.31 bits per heavy atom. The largest absolute Gasteiger partial charge is 0.326 e. The van der Waals surface area contributed by atoms with Gasteiger partial charge in [0.1, 0.15) is 12.1 Å². The van der Waals surface area contributed by atoms with E-state index in [-0.39, 0.29) is 5.82 Å². The van der Waals surface area contributed by atoms with Gasteiger partial charge in [0, 0.05) is 12.3 Å². The molecule has 0 saturated heterocycles. The van der Waals surface area contributed by atoms with Crippen LogP contribution in [-0.4, -0.2) is 15.2 Å². The minimum atomic E-state index is -0.218. The van der Waals surface area contributed by atoms with E-state index in [1.165, 1.54) is 24.2 Å². The second-order valence-corrected chi connectivity index (χ2v) is 4.17. The molecule has 0 bridgehead atoms. The molecule has 84 valence electrons. The molecule has 0 spiro atoms. The average Bonchev–Trinajstić information content (AvgIpc) is 2.81. The van der Waals surface area contributed by atoms with Gasteiger partial charge in [0.25, 0.3) is 0 Å². The van der Waals surface area contributed by atoms with Crippen molar-refractivity contribution in [3.63, 3.8) is 0 Å². The van der Waals surface area contributed by atoms with Crippen molar-refractivity contribution >= 4 is 11.8 Å². The minimum Gasteiger partial charge on any atom is -0.326 e. The molecule has 0 radical (unpaired) electrons. The summed E-state index contributed by atoms with van der Waals surface area (Å²) >= 11 is 1.40. The van der Waals surface area contributed by atoms with Crippen molar-refractivity contribution in [2.45, 2.75) is 17.5 Å². The van der Waals surface area contributed by atoms with Crippen molar-refractivity contribution in [3.05, 3.63) is 41.5 Å². The zero-order valence-electron chi connectivity index (χ0n) is 8.48. The molecule has 0 unspecified atom stereocenters. The van der Waals surface area contributed by atoms with Gasteiger partial charge in [-0.1, -0.05) is 23.9 Å². The number of nitrogens with two attached hydrogens (primary N) is 1. The summed E-state index contributed by atoms with van der Waals surface area (Å²) in [6, 6.07) is 4.91. The summed E-state index contributed by atoms with van der Waals surface area (Å²) in [6.45, 7) is 0.417. The van der Waals surface area contributed by atoms with Gasteiger partial charge in [-0.05, 0) is 17.2 Å². The van der Waals surface area contributed by atoms with Crippen LogP contribution in [0, 0.1) is 5.82 Å². The molecule has 2 aromatic rings. The molecule has 4 nitrogen and oxygen atoms in total. The lowest BCUT2D eigenvalue weighted by atomic mass is 10.1. The van der Waals surface area contributed by atoms with E-state index in [4.69, 9.17) is 5.73 Å². The van der Waals surface area contributed by atoms with Gasteiger partial charge in [-0.15, -0.1) is 0 Å². The summed E-state index contributed by atoms with van der Waals surface area (Å²) < 4.78 is 13.4. The maximum Gasteiger partial charge on any atom is 0.183 e. The third-order valence-corrected chi connectivity index (χ3v) is 3.03. The van der Waals surface area contributed by atoms with E-state index in [1.54, 1.807) is 12.1 Å². The number of benzene rings is 1. The number of halogens is 1. The van der Waals surface area contributed by atoms with Crippen LogP contribution in [0.25, 0.3) is 0 Å². The maximum absolute atomic E-state index is 13.4. The van der Waals surface area contributed by atoms with Gasteiger partial charge in [-0.25, -0.2) is 9.37 Å². The highest BCUT2D eigenvalue weighted by Crippen LogP contribution is 2.21. The van der Waals surface area contributed by atoms with Crippen LogP contribution in [-0.2, 0) is 12.3 Å². The Kier molecular flexibility index (Phi) is 3.53. The molecular formula is C10H11FN4S. The van der Waals surface area contributed by atoms with E-state index in [0.717, 1.165) is 5.56 Å². The maximum atomic E-state index is 13.4. The monoisotopic (exact) mass is 238 g/mol. The Morgan fingerprint density at radius 1 is 1.44 bits per heavy atom. The van der Waals surface area contributed by atoms with Gasteiger partial charge in [0.15, 0.2) is 5.16 Å². The summed E-state index contributed by atoms with van der Waals surface area (Å²) in [5.74, 6) is 0.290. The fraction of sp³-hybridized carbons (Fsp3) is 0.200. The first kappa shape index (κ1) is 11.1. The van der Waals surface area contributed by atoms with Crippen LogP contribution in [0.3, 0.4) is 0 Å². The van der Waals surface area contributed by atoms with E-state index in [0.29, 0.717) is 23.0 Å². The van der Waals surface area contributed by atoms with Crippen LogP contribution < -0.4 is 5.73 Å². The molecule has 0 fully saturated rings. The molecule has 1 heterocycles. The number of hydrogen-bond acceptors (Lipinski definition) is 4. The highest BCUT2D eigenvalue weighted by atomic mass is 32.2. The molecular weight excluding hydrogens is 227 g/mol. The van der Waals surface area contributed by atoms with Crippen LogP contribution in [0.1, 0.15) is 11.1 Å². The first-order valence-electron chi connectivity index (χ1n) is 4.75. The molecule has 1 aromatic carbocycles. The quantitative estimate of drug-likeness (QED) is 0.795. The van der Waals surface area contributed by atoms with E-state index in [2.05, 4.69) is 15.2 Å². The normalized spacial score (nSPS) is 10.6. The fourth-order valence-corrected chi connectivity index (χ4v) is 2.03. The molecule has 0 saturated carbocycles. The molecule has 0 amide bonds. The molecule has 1 aromatic heterocycles. The zero-order chi connectivity index (χ0) is 11.4. The van der Waals surface area contributed by atoms with E-state index in [1.807, 2.05) is 0 Å². The summed E-state index contributed by atoms with van der Waals surface area (Å²) in [7, 11) is 0. The Balaban J connectivity index is 2.08. The molecule has 0 aliphatic heterocycles. The number of H-pyrrole nitrogens is 1. The van der Waals surface area contributed by atoms with Gasteiger partial charge < -0.3 is 5.73 Å². The number of hydrogen-bond donors (Lipinski definition) is 2. The lowest BCUT2D eigenvalue weighted by Crippen LogP contribution is -1.98. The lowest BCUT2D eigenvalue weighted by molar-refractivity contribution is 0.616. The van der Waals surface area contributed by atoms with E-state index < -0.39 is 0 Å². The predicted octanol–water partition coefficient (Wildman–Crippen LogP) is 1.69. The number of nitrogens with one attached hydrogen (secondary N) is 1. The molecule has 16 heavy (non-hydrogen) atoms. The summed E-state index contributed by atoms with van der Waals surface area (Å²) in [4.78, 5) is 3.95. The molecule has 6 heteroatoms. The van der Waals surface area contributed by atoms with Crippen molar-refractivity contribution < 1.29 is 4.39 Å². The lowest BCUT2D eigenvalue weighted by Gasteiger charge is -2.04. The third kappa shape index (κ3) is 2.59. The van der Waals surface area contributed by atoms with Crippen LogP contribution in [0.2, 0.25) is 0 Å². The van der Waals surface area contributed by atoms with Crippen LogP contribution in [0.5, 0.6) is 0 Å². The number of rotatable bonds is 4. The number of nitrogens with zero attached hydrogens (tertiary/aromatic N) is 2. The number of aromatic nitrogens is 3. The van der Waals surface area contributed by atoms with Gasteiger partial charge >= 0.3 is 0 Å². The standard InChI is InChI=1S/C10H11FN4S/c11-9-2-1-7(4-12)3-8(9)5-16-10-13-6-14-15-10/h1-3,6H,4-5,12H2,(H,13,14,15). The molecule has 0 atom stereocenters. The molecule has 3 N–H and O–H groups in total. The van der Waals surface area contributed by atoms with E-state index in [9.17, 15) is 4.39 Å². The SMILES string of the molecule is NCc1ccc(F)c(CSc2ncn[nH]2)c1. The number of thioether (sulfide) groups is 1. The summed E-state index contributed by atoms with van der Waals surface area (Å²) in [6.07, 6.45) is 1.43.